The molecule has 5 rings (SSSR count). The SMILES string of the molecule is Cc1nc(-c2ccccc2)c(C(=O)N2CCC[C@@H](C)[C@H]2CCC(=O)c2cccc3cccnc23)s1. The number of likely N-dealkylation sites (tertiary alicyclic amines) is 1. The molecule has 4 aromatic rings. The minimum Gasteiger partial charge on any atom is -0.335 e. The van der Waals surface area contributed by atoms with Crippen molar-refractivity contribution in [3.8, 4) is 11.3 Å². The Morgan fingerprint density at radius 2 is 1.86 bits per heavy atom. The van der Waals surface area contributed by atoms with Crippen LogP contribution in [0.25, 0.3) is 22.2 Å². The number of pyridine rings is 1. The van der Waals surface area contributed by atoms with E-state index in [0.717, 1.165) is 40.0 Å². The average Bonchev–Trinajstić information content (AvgIpc) is 3.29. The van der Waals surface area contributed by atoms with Crippen molar-refractivity contribution in [3.63, 3.8) is 0 Å². The summed E-state index contributed by atoms with van der Waals surface area (Å²) in [5, 5.41) is 1.85. The third-order valence-electron chi connectivity index (χ3n) is 6.95. The molecule has 0 spiro atoms. The van der Waals surface area contributed by atoms with Gasteiger partial charge in [-0.2, -0.15) is 0 Å². The normalized spacial score (nSPS) is 18.1. The number of hydrogen-bond acceptors (Lipinski definition) is 5. The standard InChI is InChI=1S/C29H29N3O2S/c1-19-9-8-18-32(29(34)28-27(31-20(2)35-28)22-10-4-3-5-11-22)24(19)15-16-25(33)23-14-6-12-21-13-7-17-30-26(21)23/h3-7,10-14,17,19,24H,8-9,15-16,18H2,1-2H3/t19-,24-/m1/s1. The van der Waals surface area contributed by atoms with Crippen molar-refractivity contribution in [2.24, 2.45) is 5.92 Å². The second-order valence-corrected chi connectivity index (χ2v) is 10.5. The van der Waals surface area contributed by atoms with Crippen molar-refractivity contribution < 1.29 is 9.59 Å². The molecule has 1 aliphatic heterocycles. The van der Waals surface area contributed by atoms with E-state index >= 15 is 0 Å². The largest absolute Gasteiger partial charge is 0.335 e. The first kappa shape index (κ1) is 23.4. The maximum atomic E-state index is 13.9. The minimum absolute atomic E-state index is 0.0224. The molecular weight excluding hydrogens is 454 g/mol. The van der Waals surface area contributed by atoms with Gasteiger partial charge in [0.25, 0.3) is 5.91 Å². The van der Waals surface area contributed by atoms with Gasteiger partial charge >= 0.3 is 0 Å². The first-order valence-electron chi connectivity index (χ1n) is 12.2. The zero-order chi connectivity index (χ0) is 24.4. The van der Waals surface area contributed by atoms with Crippen molar-refractivity contribution in [2.75, 3.05) is 6.54 Å². The van der Waals surface area contributed by atoms with Crippen molar-refractivity contribution in [3.05, 3.63) is 82.3 Å². The van der Waals surface area contributed by atoms with Gasteiger partial charge in [0.1, 0.15) is 4.88 Å². The topological polar surface area (TPSA) is 63.2 Å². The van der Waals surface area contributed by atoms with Crippen LogP contribution in [0, 0.1) is 12.8 Å². The van der Waals surface area contributed by atoms with E-state index in [1.807, 2.05) is 72.5 Å². The summed E-state index contributed by atoms with van der Waals surface area (Å²) in [5.74, 6) is 0.448. The fourth-order valence-electron chi connectivity index (χ4n) is 5.18. The van der Waals surface area contributed by atoms with Crippen LogP contribution in [0.3, 0.4) is 0 Å². The zero-order valence-corrected chi connectivity index (χ0v) is 20.9. The lowest BCUT2D eigenvalue weighted by molar-refractivity contribution is 0.0493. The van der Waals surface area contributed by atoms with Crippen molar-refractivity contribution in [2.45, 2.75) is 45.6 Å². The van der Waals surface area contributed by atoms with Crippen LogP contribution in [0.2, 0.25) is 0 Å². The van der Waals surface area contributed by atoms with E-state index in [1.54, 1.807) is 6.20 Å². The van der Waals surface area contributed by atoms with Crippen LogP contribution in [0.5, 0.6) is 0 Å². The number of benzene rings is 2. The van der Waals surface area contributed by atoms with E-state index in [1.165, 1.54) is 11.3 Å². The van der Waals surface area contributed by atoms with Crippen LogP contribution in [-0.2, 0) is 0 Å². The summed E-state index contributed by atoms with van der Waals surface area (Å²) >= 11 is 1.46. The number of amides is 1. The highest BCUT2D eigenvalue weighted by atomic mass is 32.1. The van der Waals surface area contributed by atoms with Gasteiger partial charge < -0.3 is 4.90 Å². The molecule has 6 heteroatoms. The highest BCUT2D eigenvalue weighted by Gasteiger charge is 2.34. The number of Topliss-reactive ketones (excluding diaryl/α,β-unsaturated/α-hetero) is 1. The molecule has 1 saturated heterocycles. The van der Waals surface area contributed by atoms with Crippen molar-refractivity contribution in [1.29, 1.82) is 0 Å². The lowest BCUT2D eigenvalue weighted by Gasteiger charge is -2.40. The van der Waals surface area contributed by atoms with Gasteiger partial charge in [-0.15, -0.1) is 11.3 Å². The number of aromatic nitrogens is 2. The molecule has 1 amide bonds. The molecule has 1 fully saturated rings. The summed E-state index contributed by atoms with van der Waals surface area (Å²) in [6, 6.07) is 19.5. The fourth-order valence-corrected chi connectivity index (χ4v) is 6.08. The molecule has 0 bridgehead atoms. The van der Waals surface area contributed by atoms with Gasteiger partial charge in [0, 0.05) is 41.7 Å². The highest BCUT2D eigenvalue weighted by molar-refractivity contribution is 7.14. The van der Waals surface area contributed by atoms with Crippen LogP contribution in [0.4, 0.5) is 0 Å². The molecule has 0 N–H and O–H groups in total. The number of hydrogen-bond donors (Lipinski definition) is 0. The second-order valence-electron chi connectivity index (χ2n) is 9.30. The fraction of sp³-hybridized carbons (Fsp3) is 0.310. The number of fused-ring (bicyclic) bond motifs is 1. The third kappa shape index (κ3) is 4.76. The number of piperidine rings is 1. The lowest BCUT2D eigenvalue weighted by atomic mass is 9.86. The Bertz CT molecular complexity index is 1360. The Balaban J connectivity index is 1.38. The molecule has 178 valence electrons. The molecule has 2 aromatic carbocycles. The highest BCUT2D eigenvalue weighted by Crippen LogP contribution is 2.34. The number of nitrogens with zero attached hydrogens (tertiary/aromatic N) is 3. The Labute approximate surface area is 209 Å². The minimum atomic E-state index is 0.0224. The number of ketones is 1. The number of carbonyl (C=O) groups is 2. The summed E-state index contributed by atoms with van der Waals surface area (Å²) in [6.45, 7) is 4.86. The van der Waals surface area contributed by atoms with Gasteiger partial charge in [0.15, 0.2) is 5.78 Å². The molecule has 3 heterocycles. The van der Waals surface area contributed by atoms with Crippen LogP contribution < -0.4 is 0 Å². The van der Waals surface area contributed by atoms with Gasteiger partial charge in [-0.25, -0.2) is 4.98 Å². The van der Waals surface area contributed by atoms with E-state index in [9.17, 15) is 9.59 Å². The van der Waals surface area contributed by atoms with Crippen LogP contribution in [-0.4, -0.2) is 39.1 Å². The van der Waals surface area contributed by atoms with E-state index in [0.29, 0.717) is 35.7 Å². The van der Waals surface area contributed by atoms with Crippen LogP contribution in [0.1, 0.15) is 57.6 Å². The van der Waals surface area contributed by atoms with Crippen LogP contribution in [0.15, 0.2) is 66.9 Å². The quantitative estimate of drug-likeness (QED) is 0.291. The number of thiazole rings is 1. The molecule has 2 aromatic heterocycles. The Hall–Kier alpha value is -3.38. The van der Waals surface area contributed by atoms with Crippen molar-refractivity contribution in [1.82, 2.24) is 14.9 Å². The molecule has 5 nitrogen and oxygen atoms in total. The first-order valence-corrected chi connectivity index (χ1v) is 13.1. The number of rotatable bonds is 6. The summed E-state index contributed by atoms with van der Waals surface area (Å²) in [4.78, 5) is 38.9. The molecule has 1 aliphatic rings. The van der Waals surface area contributed by atoms with Gasteiger partial charge in [0.2, 0.25) is 0 Å². The predicted octanol–water partition coefficient (Wildman–Crippen LogP) is 6.57. The maximum Gasteiger partial charge on any atom is 0.266 e. The second kappa shape index (κ2) is 10.1. The van der Waals surface area contributed by atoms with E-state index in [-0.39, 0.29) is 17.7 Å². The number of aryl methyl sites for hydroxylation is 1. The molecular formula is C29H29N3O2S. The van der Waals surface area contributed by atoms with Gasteiger partial charge in [-0.3, -0.25) is 14.6 Å². The van der Waals surface area contributed by atoms with Gasteiger partial charge in [-0.1, -0.05) is 55.5 Å². The van der Waals surface area contributed by atoms with E-state index < -0.39 is 0 Å². The third-order valence-corrected chi connectivity index (χ3v) is 7.91. The lowest BCUT2D eigenvalue weighted by Crippen LogP contribution is -2.47. The summed E-state index contributed by atoms with van der Waals surface area (Å²) in [6.07, 6.45) is 4.80. The summed E-state index contributed by atoms with van der Waals surface area (Å²) in [5.41, 5.74) is 3.12. The monoisotopic (exact) mass is 483 g/mol. The Kier molecular flexibility index (Phi) is 6.73. The Morgan fingerprint density at radius 3 is 2.69 bits per heavy atom. The Morgan fingerprint density at radius 1 is 1.06 bits per heavy atom. The number of carbonyl (C=O) groups excluding carboxylic acids is 2. The summed E-state index contributed by atoms with van der Waals surface area (Å²) < 4.78 is 0. The molecule has 0 aliphatic carbocycles. The van der Waals surface area contributed by atoms with Crippen LogP contribution >= 0.6 is 11.3 Å². The maximum absolute atomic E-state index is 13.9. The molecule has 0 unspecified atom stereocenters. The van der Waals surface area contributed by atoms with Gasteiger partial charge in [-0.05, 0) is 44.2 Å². The van der Waals surface area contributed by atoms with Gasteiger partial charge in [0.05, 0.1) is 16.2 Å². The first-order chi connectivity index (χ1) is 17.0. The molecule has 35 heavy (non-hydrogen) atoms. The smallest absolute Gasteiger partial charge is 0.266 e. The molecule has 0 saturated carbocycles. The van der Waals surface area contributed by atoms with Crippen molar-refractivity contribution >= 4 is 33.9 Å². The summed E-state index contributed by atoms with van der Waals surface area (Å²) in [7, 11) is 0. The zero-order valence-electron chi connectivity index (χ0n) is 20.1. The average molecular weight is 484 g/mol. The van der Waals surface area contributed by atoms with E-state index in [4.69, 9.17) is 4.98 Å². The molecule has 0 radical (unpaired) electrons. The van der Waals surface area contributed by atoms with E-state index in [2.05, 4.69) is 11.9 Å². The molecule has 2 atom stereocenters. The predicted molar refractivity (Wildman–Crippen MR) is 141 cm³/mol. The number of para-hydroxylation sites is 1.